The molecule has 0 atom stereocenters. The summed E-state index contributed by atoms with van der Waals surface area (Å²) >= 11 is 0. The van der Waals surface area contributed by atoms with Crippen LogP contribution in [0.1, 0.15) is 29.3 Å². The summed E-state index contributed by atoms with van der Waals surface area (Å²) in [7, 11) is 0. The smallest absolute Gasteiger partial charge is 0.321 e. The third-order valence-electron chi connectivity index (χ3n) is 5.61. The zero-order valence-electron chi connectivity index (χ0n) is 18.7. The first kappa shape index (κ1) is 22.3. The van der Waals surface area contributed by atoms with Crippen LogP contribution in [0.25, 0.3) is 0 Å². The molecule has 0 saturated carbocycles. The Morgan fingerprint density at radius 3 is 2.48 bits per heavy atom. The minimum atomic E-state index is -0.199. The van der Waals surface area contributed by atoms with Crippen molar-refractivity contribution in [3.8, 4) is 11.6 Å². The number of anilines is 1. The molecular formula is C26H28N4O3. The number of carbonyl (C=O) groups is 2. The van der Waals surface area contributed by atoms with Crippen molar-refractivity contribution in [2.45, 2.75) is 19.8 Å². The zero-order valence-corrected chi connectivity index (χ0v) is 18.7. The average molecular weight is 445 g/mol. The van der Waals surface area contributed by atoms with E-state index in [-0.39, 0.29) is 11.9 Å². The number of hydrogen-bond donors (Lipinski definition) is 1. The average Bonchev–Trinajstić information content (AvgIpc) is 3.12. The van der Waals surface area contributed by atoms with Crippen molar-refractivity contribution in [1.29, 1.82) is 0 Å². The maximum atomic E-state index is 12.8. The minimum Gasteiger partial charge on any atom is -0.439 e. The van der Waals surface area contributed by atoms with Gasteiger partial charge < -0.3 is 19.9 Å². The molecule has 170 valence electrons. The molecule has 3 aromatic rings. The van der Waals surface area contributed by atoms with E-state index in [1.807, 2.05) is 53.4 Å². The van der Waals surface area contributed by atoms with Gasteiger partial charge in [0.2, 0.25) is 5.88 Å². The highest BCUT2D eigenvalue weighted by atomic mass is 16.5. The van der Waals surface area contributed by atoms with Gasteiger partial charge in [-0.15, -0.1) is 0 Å². The second-order valence-corrected chi connectivity index (χ2v) is 7.92. The van der Waals surface area contributed by atoms with Crippen LogP contribution >= 0.6 is 0 Å². The summed E-state index contributed by atoms with van der Waals surface area (Å²) in [6.07, 6.45) is 3.25. The summed E-state index contributed by atoms with van der Waals surface area (Å²) in [5, 5.41) is 2.89. The van der Waals surface area contributed by atoms with Crippen molar-refractivity contribution in [2.75, 3.05) is 31.5 Å². The Hall–Kier alpha value is -3.87. The fourth-order valence-corrected chi connectivity index (χ4v) is 3.75. The van der Waals surface area contributed by atoms with E-state index < -0.39 is 0 Å². The summed E-state index contributed by atoms with van der Waals surface area (Å²) < 4.78 is 5.81. The molecule has 0 bridgehead atoms. The fraction of sp³-hybridized carbons (Fsp3) is 0.269. The van der Waals surface area contributed by atoms with E-state index in [9.17, 15) is 9.59 Å². The zero-order chi connectivity index (χ0) is 23.0. The third kappa shape index (κ3) is 5.88. The SMILES string of the molecule is CCc1cccc(Oc2ccc(NC(=O)N3CCCN(C(=O)c4ccccc4)CC3)cn2)c1. The number of carbonyl (C=O) groups excluding carboxylic acids is 2. The molecule has 0 unspecified atom stereocenters. The molecule has 1 aliphatic rings. The number of urea groups is 1. The highest BCUT2D eigenvalue weighted by Gasteiger charge is 2.22. The molecule has 0 radical (unpaired) electrons. The van der Waals surface area contributed by atoms with Crippen LogP contribution in [0.5, 0.6) is 11.6 Å². The molecule has 33 heavy (non-hydrogen) atoms. The number of rotatable bonds is 5. The van der Waals surface area contributed by atoms with Crippen molar-refractivity contribution in [3.63, 3.8) is 0 Å². The standard InChI is InChI=1S/C26H28N4O3/c1-2-20-8-6-11-23(18-20)33-24-13-12-22(19-27-24)28-26(32)30-15-7-14-29(16-17-30)25(31)21-9-4-3-5-10-21/h3-6,8-13,18-19H,2,7,14-17H2,1H3,(H,28,32). The summed E-state index contributed by atoms with van der Waals surface area (Å²) in [6.45, 7) is 4.30. The van der Waals surface area contributed by atoms with Crippen LogP contribution in [0.4, 0.5) is 10.5 Å². The Labute approximate surface area is 194 Å². The number of aromatic nitrogens is 1. The van der Waals surface area contributed by atoms with Crippen molar-refractivity contribution in [1.82, 2.24) is 14.8 Å². The number of ether oxygens (including phenoxy) is 1. The normalized spacial score (nSPS) is 13.8. The minimum absolute atomic E-state index is 0.00196. The molecule has 1 fully saturated rings. The number of nitrogens with zero attached hydrogens (tertiary/aromatic N) is 3. The van der Waals surface area contributed by atoms with Crippen LogP contribution in [0.2, 0.25) is 0 Å². The van der Waals surface area contributed by atoms with Gasteiger partial charge in [-0.2, -0.15) is 0 Å². The monoisotopic (exact) mass is 444 g/mol. The topological polar surface area (TPSA) is 74.8 Å². The largest absolute Gasteiger partial charge is 0.439 e. The predicted octanol–water partition coefficient (Wildman–Crippen LogP) is 4.82. The second-order valence-electron chi connectivity index (χ2n) is 7.92. The van der Waals surface area contributed by atoms with E-state index in [1.165, 1.54) is 5.56 Å². The first-order chi connectivity index (χ1) is 16.1. The predicted molar refractivity (Wildman–Crippen MR) is 128 cm³/mol. The third-order valence-corrected chi connectivity index (χ3v) is 5.61. The number of hydrogen-bond acceptors (Lipinski definition) is 4. The maximum absolute atomic E-state index is 12.8. The second kappa shape index (κ2) is 10.6. The van der Waals surface area contributed by atoms with E-state index >= 15 is 0 Å². The molecule has 0 spiro atoms. The lowest BCUT2D eigenvalue weighted by molar-refractivity contribution is 0.0762. The van der Waals surface area contributed by atoms with Crippen molar-refractivity contribution < 1.29 is 14.3 Å². The van der Waals surface area contributed by atoms with Gasteiger partial charge in [-0.3, -0.25) is 4.79 Å². The summed E-state index contributed by atoms with van der Waals surface area (Å²) in [5.74, 6) is 1.20. The molecule has 0 aliphatic carbocycles. The van der Waals surface area contributed by atoms with E-state index in [1.54, 1.807) is 23.2 Å². The quantitative estimate of drug-likeness (QED) is 0.612. The number of pyridine rings is 1. The Balaban J connectivity index is 1.31. The molecule has 1 N–H and O–H groups in total. The summed E-state index contributed by atoms with van der Waals surface area (Å²) in [4.78, 5) is 33.3. The van der Waals surface area contributed by atoms with Gasteiger partial charge in [-0.1, -0.05) is 37.3 Å². The lowest BCUT2D eigenvalue weighted by Gasteiger charge is -2.22. The number of amides is 3. The molecule has 4 rings (SSSR count). The highest BCUT2D eigenvalue weighted by Crippen LogP contribution is 2.22. The Morgan fingerprint density at radius 2 is 1.73 bits per heavy atom. The van der Waals surface area contributed by atoms with Gasteiger partial charge in [-0.25, -0.2) is 9.78 Å². The van der Waals surface area contributed by atoms with Gasteiger partial charge in [0.05, 0.1) is 11.9 Å². The van der Waals surface area contributed by atoms with Crippen LogP contribution in [0.15, 0.2) is 72.9 Å². The van der Waals surface area contributed by atoms with Crippen LogP contribution < -0.4 is 10.1 Å². The van der Waals surface area contributed by atoms with Crippen LogP contribution in [0.3, 0.4) is 0 Å². The lowest BCUT2D eigenvalue weighted by atomic mass is 10.2. The molecular weight excluding hydrogens is 416 g/mol. The Kier molecular flexibility index (Phi) is 7.19. The molecule has 7 nitrogen and oxygen atoms in total. The highest BCUT2D eigenvalue weighted by molar-refractivity contribution is 5.94. The molecule has 7 heteroatoms. The van der Waals surface area contributed by atoms with Crippen molar-refractivity contribution in [3.05, 3.63) is 84.1 Å². The molecule has 1 saturated heterocycles. The number of benzene rings is 2. The van der Waals surface area contributed by atoms with Gasteiger partial charge >= 0.3 is 6.03 Å². The maximum Gasteiger partial charge on any atom is 0.321 e. The van der Waals surface area contributed by atoms with Gasteiger partial charge in [-0.05, 0) is 48.7 Å². The first-order valence-electron chi connectivity index (χ1n) is 11.3. The lowest BCUT2D eigenvalue weighted by Crippen LogP contribution is -2.39. The van der Waals surface area contributed by atoms with E-state index in [4.69, 9.17) is 4.74 Å². The van der Waals surface area contributed by atoms with Crippen molar-refractivity contribution in [2.24, 2.45) is 0 Å². The van der Waals surface area contributed by atoms with E-state index in [2.05, 4.69) is 23.3 Å². The van der Waals surface area contributed by atoms with E-state index in [0.717, 1.165) is 18.6 Å². The summed E-state index contributed by atoms with van der Waals surface area (Å²) in [5.41, 5.74) is 2.46. The van der Waals surface area contributed by atoms with Gasteiger partial charge in [0.25, 0.3) is 5.91 Å². The Bertz CT molecular complexity index is 1090. The number of nitrogens with one attached hydrogen (secondary N) is 1. The fourth-order valence-electron chi connectivity index (χ4n) is 3.75. The van der Waals surface area contributed by atoms with Crippen LogP contribution in [0, 0.1) is 0 Å². The van der Waals surface area contributed by atoms with Crippen LogP contribution in [-0.4, -0.2) is 52.9 Å². The molecule has 3 amide bonds. The number of aryl methyl sites for hydroxylation is 1. The Morgan fingerprint density at radius 1 is 0.939 bits per heavy atom. The van der Waals surface area contributed by atoms with E-state index in [0.29, 0.717) is 43.3 Å². The van der Waals surface area contributed by atoms with Crippen molar-refractivity contribution >= 4 is 17.6 Å². The molecule has 2 aromatic carbocycles. The molecule has 1 aromatic heterocycles. The molecule has 2 heterocycles. The van der Waals surface area contributed by atoms with Gasteiger partial charge in [0.15, 0.2) is 0 Å². The molecule has 1 aliphatic heterocycles. The summed E-state index contributed by atoms with van der Waals surface area (Å²) in [6, 6.07) is 20.4. The first-order valence-corrected chi connectivity index (χ1v) is 11.3. The van der Waals surface area contributed by atoms with Crippen LogP contribution in [-0.2, 0) is 6.42 Å². The van der Waals surface area contributed by atoms with Gasteiger partial charge in [0, 0.05) is 37.8 Å². The van der Waals surface area contributed by atoms with Gasteiger partial charge in [0.1, 0.15) is 5.75 Å².